The van der Waals surface area contributed by atoms with Crippen LogP contribution in [-0.2, 0) is 17.0 Å². The van der Waals surface area contributed by atoms with E-state index in [0.29, 0.717) is 23.8 Å². The number of benzene rings is 1. The molecular weight excluding hydrogens is 358 g/mol. The van der Waals surface area contributed by atoms with Crippen molar-refractivity contribution in [2.24, 2.45) is 0 Å². The van der Waals surface area contributed by atoms with Crippen molar-refractivity contribution in [1.82, 2.24) is 5.32 Å². The van der Waals surface area contributed by atoms with Gasteiger partial charge in [0.25, 0.3) is 0 Å². The normalized spacial score (nSPS) is 10.4. The molecule has 1 N–H and O–H groups in total. The molecule has 0 saturated heterocycles. The summed E-state index contributed by atoms with van der Waals surface area (Å²) >= 11 is 3.51. The maximum absolute atomic E-state index is 12.2. The zero-order chi connectivity index (χ0) is 18.1. The highest BCUT2D eigenvalue weighted by Crippen LogP contribution is 2.39. The Morgan fingerprint density at radius 2 is 1.92 bits per heavy atom. The van der Waals surface area contributed by atoms with Crippen LogP contribution < -0.4 is 19.5 Å². The second-order valence-corrected chi connectivity index (χ2v) is 7.09. The number of amides is 1. The molecule has 0 atom stereocenters. The molecule has 136 valence electrons. The van der Waals surface area contributed by atoms with E-state index < -0.39 is 0 Å². The summed E-state index contributed by atoms with van der Waals surface area (Å²) in [6.45, 7) is 0.642. The lowest BCUT2D eigenvalue weighted by Crippen LogP contribution is -2.27. The molecule has 1 aromatic heterocycles. The Labute approximate surface area is 156 Å². The van der Waals surface area contributed by atoms with Crippen molar-refractivity contribution in [1.29, 1.82) is 0 Å². The number of rotatable bonds is 10. The van der Waals surface area contributed by atoms with E-state index in [9.17, 15) is 4.79 Å². The minimum atomic E-state index is -0.0401. The second-order valence-electron chi connectivity index (χ2n) is 5.20. The highest BCUT2D eigenvalue weighted by atomic mass is 32.2. The van der Waals surface area contributed by atoms with E-state index in [1.165, 1.54) is 5.56 Å². The van der Waals surface area contributed by atoms with Crippen LogP contribution in [0.25, 0.3) is 0 Å². The lowest BCUT2D eigenvalue weighted by Gasteiger charge is -2.15. The molecule has 25 heavy (non-hydrogen) atoms. The maximum Gasteiger partial charge on any atom is 0.224 e. The molecule has 2 rings (SSSR count). The highest BCUT2D eigenvalue weighted by molar-refractivity contribution is 7.98. The zero-order valence-corrected chi connectivity index (χ0v) is 16.3. The van der Waals surface area contributed by atoms with Crippen LogP contribution in [0.3, 0.4) is 0 Å². The largest absolute Gasteiger partial charge is 0.493 e. The molecule has 0 spiro atoms. The minimum Gasteiger partial charge on any atom is -0.493 e. The fourth-order valence-corrected chi connectivity index (χ4v) is 3.95. The SMILES string of the molecule is COc1ccc(CC(=O)NCCSCc2ccsc2)c(OC)c1OC. The Morgan fingerprint density at radius 1 is 1.12 bits per heavy atom. The van der Waals surface area contributed by atoms with E-state index in [4.69, 9.17) is 14.2 Å². The summed E-state index contributed by atoms with van der Waals surface area (Å²) in [6, 6.07) is 5.73. The molecule has 2 aromatic rings. The Hall–Kier alpha value is -1.86. The highest BCUT2D eigenvalue weighted by Gasteiger charge is 2.17. The van der Waals surface area contributed by atoms with Gasteiger partial charge in [-0.2, -0.15) is 23.1 Å². The van der Waals surface area contributed by atoms with Crippen LogP contribution in [-0.4, -0.2) is 39.5 Å². The molecule has 1 heterocycles. The predicted molar refractivity (Wildman–Crippen MR) is 103 cm³/mol. The number of carbonyl (C=O) groups is 1. The van der Waals surface area contributed by atoms with E-state index in [1.807, 2.05) is 17.8 Å². The number of thiophene rings is 1. The fourth-order valence-electron chi connectivity index (χ4n) is 2.37. The predicted octanol–water partition coefficient (Wildman–Crippen LogP) is 3.37. The number of methoxy groups -OCH3 is 3. The van der Waals surface area contributed by atoms with Gasteiger partial charge >= 0.3 is 0 Å². The monoisotopic (exact) mass is 381 g/mol. The summed E-state index contributed by atoms with van der Waals surface area (Å²) in [6.07, 6.45) is 0.235. The first-order valence-corrected chi connectivity index (χ1v) is 9.92. The lowest BCUT2D eigenvalue weighted by molar-refractivity contribution is -0.120. The van der Waals surface area contributed by atoms with Crippen molar-refractivity contribution in [2.45, 2.75) is 12.2 Å². The summed E-state index contributed by atoms with van der Waals surface area (Å²) < 4.78 is 16.0. The van der Waals surface area contributed by atoms with Crippen LogP contribution in [0.2, 0.25) is 0 Å². The van der Waals surface area contributed by atoms with Crippen LogP contribution in [0, 0.1) is 0 Å². The van der Waals surface area contributed by atoms with Crippen LogP contribution in [0.5, 0.6) is 17.2 Å². The Morgan fingerprint density at radius 3 is 2.56 bits per heavy atom. The third-order valence-electron chi connectivity index (χ3n) is 3.55. The molecule has 7 heteroatoms. The average Bonchev–Trinajstić information content (AvgIpc) is 3.14. The molecule has 5 nitrogen and oxygen atoms in total. The van der Waals surface area contributed by atoms with Gasteiger partial charge in [-0.3, -0.25) is 4.79 Å². The molecule has 0 saturated carbocycles. The summed E-state index contributed by atoms with van der Waals surface area (Å²) in [5.41, 5.74) is 2.10. The Kier molecular flexibility index (Phi) is 7.94. The first-order chi connectivity index (χ1) is 12.2. The molecule has 0 aliphatic carbocycles. The third-order valence-corrected chi connectivity index (χ3v) is 5.32. The molecule has 0 aliphatic rings. The quantitative estimate of drug-likeness (QED) is 0.640. The van der Waals surface area contributed by atoms with E-state index in [1.54, 1.807) is 38.7 Å². The van der Waals surface area contributed by atoms with Crippen LogP contribution in [0.4, 0.5) is 0 Å². The van der Waals surface area contributed by atoms with Crippen LogP contribution in [0.1, 0.15) is 11.1 Å². The first kappa shape index (κ1) is 19.5. The molecular formula is C18H23NO4S2. The van der Waals surface area contributed by atoms with E-state index in [0.717, 1.165) is 17.1 Å². The summed E-state index contributed by atoms with van der Waals surface area (Å²) in [5, 5.41) is 7.17. The van der Waals surface area contributed by atoms with Crippen molar-refractivity contribution >= 4 is 29.0 Å². The average molecular weight is 382 g/mol. The number of hydrogen-bond donors (Lipinski definition) is 1. The maximum atomic E-state index is 12.2. The third kappa shape index (κ3) is 5.57. The van der Waals surface area contributed by atoms with Crippen LogP contribution in [0.15, 0.2) is 29.0 Å². The Bertz CT molecular complexity index is 674. The number of hydrogen-bond acceptors (Lipinski definition) is 6. The number of thioether (sulfide) groups is 1. The zero-order valence-electron chi connectivity index (χ0n) is 14.7. The smallest absolute Gasteiger partial charge is 0.224 e. The standard InChI is InChI=1S/C18H23NO4S2/c1-21-15-5-4-14(17(22-2)18(15)23-3)10-16(20)19-7-9-25-12-13-6-8-24-11-13/h4-6,8,11H,7,9-10,12H2,1-3H3,(H,19,20). The van der Waals surface area contributed by atoms with Gasteiger partial charge in [0.1, 0.15) is 0 Å². The van der Waals surface area contributed by atoms with Gasteiger partial charge < -0.3 is 19.5 Å². The van der Waals surface area contributed by atoms with Crippen LogP contribution >= 0.6 is 23.1 Å². The number of nitrogens with one attached hydrogen (secondary N) is 1. The van der Waals surface area contributed by atoms with Crippen molar-refractivity contribution in [3.63, 3.8) is 0 Å². The first-order valence-electron chi connectivity index (χ1n) is 7.83. The molecule has 1 aromatic carbocycles. The van der Waals surface area contributed by atoms with E-state index >= 15 is 0 Å². The second kappa shape index (κ2) is 10.2. The molecule has 0 fully saturated rings. The van der Waals surface area contributed by atoms with Gasteiger partial charge in [-0.25, -0.2) is 0 Å². The van der Waals surface area contributed by atoms with E-state index in [2.05, 4.69) is 22.1 Å². The molecule has 0 unspecified atom stereocenters. The molecule has 0 radical (unpaired) electrons. The summed E-state index contributed by atoms with van der Waals surface area (Å²) in [7, 11) is 4.67. The Balaban J connectivity index is 1.83. The minimum absolute atomic E-state index is 0.0401. The molecule has 0 bridgehead atoms. The van der Waals surface area contributed by atoms with Crippen molar-refractivity contribution in [2.75, 3.05) is 33.6 Å². The van der Waals surface area contributed by atoms with Gasteiger partial charge in [0.05, 0.1) is 27.8 Å². The number of ether oxygens (including phenoxy) is 3. The van der Waals surface area contributed by atoms with Crippen molar-refractivity contribution in [3.05, 3.63) is 40.1 Å². The van der Waals surface area contributed by atoms with Crippen molar-refractivity contribution in [3.8, 4) is 17.2 Å². The topological polar surface area (TPSA) is 56.8 Å². The van der Waals surface area contributed by atoms with Gasteiger partial charge in [0.15, 0.2) is 11.5 Å². The molecule has 1 amide bonds. The van der Waals surface area contributed by atoms with Gasteiger partial charge in [0.2, 0.25) is 11.7 Å². The summed E-state index contributed by atoms with van der Waals surface area (Å²) in [4.78, 5) is 12.2. The van der Waals surface area contributed by atoms with E-state index in [-0.39, 0.29) is 12.3 Å². The van der Waals surface area contributed by atoms with Gasteiger partial charge in [-0.15, -0.1) is 0 Å². The lowest BCUT2D eigenvalue weighted by atomic mass is 10.1. The fraction of sp³-hybridized carbons (Fsp3) is 0.389. The van der Waals surface area contributed by atoms with Crippen molar-refractivity contribution < 1.29 is 19.0 Å². The summed E-state index contributed by atoms with van der Waals surface area (Å²) in [5.74, 6) is 3.42. The molecule has 0 aliphatic heterocycles. The van der Waals surface area contributed by atoms with Gasteiger partial charge in [0, 0.05) is 23.6 Å². The van der Waals surface area contributed by atoms with Gasteiger partial charge in [-0.05, 0) is 28.5 Å². The van der Waals surface area contributed by atoms with Gasteiger partial charge in [-0.1, -0.05) is 6.07 Å². The number of carbonyl (C=O) groups excluding carboxylic acids is 1.